The summed E-state index contributed by atoms with van der Waals surface area (Å²) >= 11 is 1.47. The number of hydrogen-bond acceptors (Lipinski definition) is 6. The molecule has 23 heavy (non-hydrogen) atoms. The van der Waals surface area contributed by atoms with Crippen LogP contribution >= 0.6 is 11.3 Å². The second-order valence-electron chi connectivity index (χ2n) is 5.12. The van der Waals surface area contributed by atoms with Crippen LogP contribution in [-0.4, -0.2) is 19.5 Å². The summed E-state index contributed by atoms with van der Waals surface area (Å²) in [6.45, 7) is 2.01. The number of benzene rings is 1. The van der Waals surface area contributed by atoms with Crippen LogP contribution in [0.3, 0.4) is 0 Å². The Morgan fingerprint density at radius 1 is 1.30 bits per heavy atom. The highest BCUT2D eigenvalue weighted by molar-refractivity contribution is 7.09. The maximum atomic E-state index is 12.4. The van der Waals surface area contributed by atoms with Gasteiger partial charge in [0, 0.05) is 10.8 Å². The molecule has 0 fully saturated rings. The number of rotatable bonds is 2. The molecule has 0 aliphatic heterocycles. The standard InChI is InChI=1S/C15H11N3O4S/c1-8-16-9(7-23-8)6-17-12-10-4-2-3-5-11(10)22-13(12)14(19)18(21)15(17)20/h2-5,7,21H,6H2,1H3. The van der Waals surface area contributed by atoms with Gasteiger partial charge in [0.1, 0.15) is 11.1 Å². The lowest BCUT2D eigenvalue weighted by Gasteiger charge is -2.06. The number of para-hydroxylation sites is 1. The van der Waals surface area contributed by atoms with E-state index in [2.05, 4.69) is 4.98 Å². The first-order valence-corrected chi connectivity index (χ1v) is 7.71. The lowest BCUT2D eigenvalue weighted by Crippen LogP contribution is -2.38. The van der Waals surface area contributed by atoms with Gasteiger partial charge in [-0.3, -0.25) is 9.36 Å². The van der Waals surface area contributed by atoms with E-state index in [1.807, 2.05) is 12.3 Å². The Labute approximate surface area is 132 Å². The Balaban J connectivity index is 2.12. The average Bonchev–Trinajstić information content (AvgIpc) is 3.13. The summed E-state index contributed by atoms with van der Waals surface area (Å²) in [5.74, 6) is 0. The van der Waals surface area contributed by atoms with Gasteiger partial charge in [-0.2, -0.15) is 0 Å². The number of fused-ring (bicyclic) bond motifs is 3. The quantitative estimate of drug-likeness (QED) is 0.568. The van der Waals surface area contributed by atoms with Crippen LogP contribution in [0.2, 0.25) is 0 Å². The molecule has 0 atom stereocenters. The molecule has 8 heteroatoms. The van der Waals surface area contributed by atoms with E-state index in [0.717, 1.165) is 5.01 Å². The van der Waals surface area contributed by atoms with E-state index < -0.39 is 11.2 Å². The van der Waals surface area contributed by atoms with Gasteiger partial charge < -0.3 is 9.62 Å². The van der Waals surface area contributed by atoms with Crippen molar-refractivity contribution in [3.63, 3.8) is 0 Å². The summed E-state index contributed by atoms with van der Waals surface area (Å²) in [5, 5.41) is 13.1. The van der Waals surface area contributed by atoms with Gasteiger partial charge in [0.05, 0.1) is 17.2 Å². The number of aryl methyl sites for hydroxylation is 1. The Bertz CT molecular complexity index is 1170. The molecule has 0 aliphatic rings. The molecule has 0 saturated carbocycles. The van der Waals surface area contributed by atoms with Crippen molar-refractivity contribution in [2.75, 3.05) is 0 Å². The van der Waals surface area contributed by atoms with Gasteiger partial charge in [-0.25, -0.2) is 9.78 Å². The van der Waals surface area contributed by atoms with Crippen molar-refractivity contribution in [1.82, 2.24) is 14.3 Å². The highest BCUT2D eigenvalue weighted by Crippen LogP contribution is 2.25. The molecular formula is C15H11N3O4S. The molecule has 0 amide bonds. The van der Waals surface area contributed by atoms with Crippen LogP contribution in [0.4, 0.5) is 0 Å². The third-order valence-corrected chi connectivity index (χ3v) is 4.45. The first-order valence-electron chi connectivity index (χ1n) is 6.83. The smallest absolute Gasteiger partial charge is 0.365 e. The van der Waals surface area contributed by atoms with E-state index in [4.69, 9.17) is 4.42 Å². The molecule has 0 spiro atoms. The third kappa shape index (κ3) is 1.99. The minimum Gasteiger partial charge on any atom is -0.448 e. The minimum absolute atomic E-state index is 0.0553. The van der Waals surface area contributed by atoms with E-state index >= 15 is 0 Å². The van der Waals surface area contributed by atoms with Crippen LogP contribution < -0.4 is 11.2 Å². The van der Waals surface area contributed by atoms with Crippen LogP contribution in [0.15, 0.2) is 43.7 Å². The predicted octanol–water partition coefficient (Wildman–Crippen LogP) is 1.96. The van der Waals surface area contributed by atoms with Crippen molar-refractivity contribution < 1.29 is 9.62 Å². The van der Waals surface area contributed by atoms with Crippen LogP contribution in [0, 0.1) is 6.92 Å². The zero-order valence-electron chi connectivity index (χ0n) is 12.0. The number of hydrogen-bond donors (Lipinski definition) is 1. The monoisotopic (exact) mass is 329 g/mol. The van der Waals surface area contributed by atoms with Crippen molar-refractivity contribution in [3.8, 4) is 0 Å². The number of furan rings is 1. The van der Waals surface area contributed by atoms with Gasteiger partial charge in [-0.15, -0.1) is 11.3 Å². The van der Waals surface area contributed by atoms with E-state index in [0.29, 0.717) is 22.2 Å². The second-order valence-corrected chi connectivity index (χ2v) is 6.18. The summed E-state index contributed by atoms with van der Waals surface area (Å²) in [6, 6.07) is 7.04. The fourth-order valence-electron chi connectivity index (χ4n) is 2.63. The summed E-state index contributed by atoms with van der Waals surface area (Å²) in [4.78, 5) is 28.8. The van der Waals surface area contributed by atoms with Gasteiger partial charge >= 0.3 is 11.2 Å². The molecule has 0 unspecified atom stereocenters. The van der Waals surface area contributed by atoms with Crippen LogP contribution in [-0.2, 0) is 6.54 Å². The first-order chi connectivity index (χ1) is 11.1. The summed E-state index contributed by atoms with van der Waals surface area (Å²) in [7, 11) is 0. The Morgan fingerprint density at radius 2 is 2.09 bits per heavy atom. The highest BCUT2D eigenvalue weighted by atomic mass is 32.1. The van der Waals surface area contributed by atoms with E-state index in [-0.39, 0.29) is 16.9 Å². The van der Waals surface area contributed by atoms with E-state index in [1.54, 1.807) is 24.3 Å². The van der Waals surface area contributed by atoms with Crippen molar-refractivity contribution >= 4 is 33.4 Å². The highest BCUT2D eigenvalue weighted by Gasteiger charge is 2.20. The van der Waals surface area contributed by atoms with Gasteiger partial charge in [0.15, 0.2) is 0 Å². The molecular weight excluding hydrogens is 318 g/mol. The number of nitrogens with zero attached hydrogens (tertiary/aromatic N) is 3. The molecule has 7 nitrogen and oxygen atoms in total. The molecule has 1 N–H and O–H groups in total. The van der Waals surface area contributed by atoms with Gasteiger partial charge in [0.2, 0.25) is 5.58 Å². The van der Waals surface area contributed by atoms with E-state index in [9.17, 15) is 14.8 Å². The average molecular weight is 329 g/mol. The van der Waals surface area contributed by atoms with Crippen molar-refractivity contribution in [1.29, 1.82) is 0 Å². The molecule has 4 rings (SSSR count). The van der Waals surface area contributed by atoms with Crippen LogP contribution in [0.1, 0.15) is 10.7 Å². The zero-order valence-corrected chi connectivity index (χ0v) is 12.8. The topological polar surface area (TPSA) is 90.3 Å². The Kier molecular flexibility index (Phi) is 2.88. The summed E-state index contributed by atoms with van der Waals surface area (Å²) < 4.78 is 6.91. The largest absolute Gasteiger partial charge is 0.448 e. The predicted molar refractivity (Wildman–Crippen MR) is 85.4 cm³/mol. The second kappa shape index (κ2) is 4.82. The molecule has 1 aromatic carbocycles. The minimum atomic E-state index is -0.869. The molecule has 0 aliphatic carbocycles. The lowest BCUT2D eigenvalue weighted by molar-refractivity contribution is 0.156. The third-order valence-electron chi connectivity index (χ3n) is 3.62. The van der Waals surface area contributed by atoms with Crippen LogP contribution in [0.5, 0.6) is 0 Å². The zero-order chi connectivity index (χ0) is 16.1. The Morgan fingerprint density at radius 3 is 2.83 bits per heavy atom. The van der Waals surface area contributed by atoms with Gasteiger partial charge in [-0.05, 0) is 19.1 Å². The fourth-order valence-corrected chi connectivity index (χ4v) is 3.23. The molecule has 0 bridgehead atoms. The molecule has 0 radical (unpaired) electrons. The summed E-state index contributed by atoms with van der Waals surface area (Å²) in [5.41, 5.74) is -0.216. The molecule has 0 saturated heterocycles. The summed E-state index contributed by atoms with van der Waals surface area (Å²) in [6.07, 6.45) is 0. The molecule has 3 aromatic heterocycles. The maximum Gasteiger partial charge on any atom is 0.365 e. The van der Waals surface area contributed by atoms with Crippen molar-refractivity contribution in [2.45, 2.75) is 13.5 Å². The SMILES string of the molecule is Cc1nc(Cn2c(=O)n(O)c(=O)c3oc4ccccc4c32)cs1. The van der Waals surface area contributed by atoms with Crippen LogP contribution in [0.25, 0.3) is 22.1 Å². The number of thiazole rings is 1. The van der Waals surface area contributed by atoms with Gasteiger partial charge in [0.25, 0.3) is 0 Å². The fraction of sp³-hybridized carbons (Fsp3) is 0.133. The molecule has 4 aromatic rings. The molecule has 116 valence electrons. The normalized spacial score (nSPS) is 11.5. The van der Waals surface area contributed by atoms with Crippen molar-refractivity contribution in [2.24, 2.45) is 0 Å². The van der Waals surface area contributed by atoms with E-state index in [1.165, 1.54) is 15.9 Å². The maximum absolute atomic E-state index is 12.4. The van der Waals surface area contributed by atoms with Gasteiger partial charge in [-0.1, -0.05) is 16.9 Å². The number of aromatic nitrogens is 3. The first kappa shape index (κ1) is 13.8. The van der Waals surface area contributed by atoms with Crippen molar-refractivity contribution in [3.05, 3.63) is 61.2 Å². The Hall–Kier alpha value is -2.87. The molecule has 3 heterocycles. The lowest BCUT2D eigenvalue weighted by atomic mass is 10.2.